The summed E-state index contributed by atoms with van der Waals surface area (Å²) in [6, 6.07) is 0.732. The highest BCUT2D eigenvalue weighted by Gasteiger charge is 2.30. The van der Waals surface area contributed by atoms with Crippen LogP contribution in [0.5, 0.6) is 0 Å². The van der Waals surface area contributed by atoms with E-state index in [9.17, 15) is 5.11 Å². The fraction of sp³-hybridized carbons (Fsp3) is 1.00. The number of hydrogen-bond acceptors (Lipinski definition) is 2. The third-order valence-electron chi connectivity index (χ3n) is 5.10. The molecule has 0 spiro atoms. The second-order valence-corrected chi connectivity index (χ2v) is 7.67. The zero-order valence-corrected chi connectivity index (χ0v) is 12.4. The highest BCUT2D eigenvalue weighted by Crippen LogP contribution is 2.37. The van der Waals surface area contributed by atoms with Gasteiger partial charge < -0.3 is 10.4 Å². The zero-order chi connectivity index (χ0) is 13.2. The summed E-state index contributed by atoms with van der Waals surface area (Å²) in [5.74, 6) is 1.64. The van der Waals surface area contributed by atoms with Crippen LogP contribution in [0.2, 0.25) is 0 Å². The first-order chi connectivity index (χ1) is 8.45. The second-order valence-electron chi connectivity index (χ2n) is 7.67. The van der Waals surface area contributed by atoms with Crippen molar-refractivity contribution in [3.05, 3.63) is 0 Å². The van der Waals surface area contributed by atoms with Crippen LogP contribution in [-0.2, 0) is 0 Å². The molecular formula is C16H31NO. The summed E-state index contributed by atoms with van der Waals surface area (Å²) in [6.07, 6.45) is 8.90. The van der Waals surface area contributed by atoms with Crippen molar-refractivity contribution in [2.45, 2.75) is 77.9 Å². The quantitative estimate of drug-likeness (QED) is 0.756. The van der Waals surface area contributed by atoms with Crippen molar-refractivity contribution in [3.8, 4) is 0 Å². The molecule has 2 aliphatic carbocycles. The summed E-state index contributed by atoms with van der Waals surface area (Å²) >= 11 is 0. The largest absolute Gasteiger partial charge is 0.393 e. The molecule has 18 heavy (non-hydrogen) atoms. The van der Waals surface area contributed by atoms with Crippen molar-refractivity contribution in [3.63, 3.8) is 0 Å². The minimum atomic E-state index is -0.00351. The van der Waals surface area contributed by atoms with Crippen molar-refractivity contribution in [2.75, 3.05) is 6.54 Å². The number of hydrogen-bond donors (Lipinski definition) is 2. The molecular weight excluding hydrogens is 222 g/mol. The minimum Gasteiger partial charge on any atom is -0.393 e. The van der Waals surface area contributed by atoms with Gasteiger partial charge in [0.25, 0.3) is 0 Å². The summed E-state index contributed by atoms with van der Waals surface area (Å²) in [7, 11) is 0. The fourth-order valence-corrected chi connectivity index (χ4v) is 3.57. The predicted octanol–water partition coefficient (Wildman–Crippen LogP) is 3.34. The molecule has 0 radical (unpaired) electrons. The summed E-state index contributed by atoms with van der Waals surface area (Å²) in [5.41, 5.74) is 0.479. The van der Waals surface area contributed by atoms with Gasteiger partial charge in [0.05, 0.1) is 6.10 Å². The van der Waals surface area contributed by atoms with E-state index in [0.29, 0.717) is 5.41 Å². The predicted molar refractivity (Wildman–Crippen MR) is 76.6 cm³/mol. The first kappa shape index (κ1) is 14.3. The third-order valence-corrected chi connectivity index (χ3v) is 5.10. The van der Waals surface area contributed by atoms with Gasteiger partial charge in [-0.05, 0) is 62.3 Å². The molecule has 0 bridgehead atoms. The smallest absolute Gasteiger partial charge is 0.0546 e. The van der Waals surface area contributed by atoms with Gasteiger partial charge in [-0.3, -0.25) is 0 Å². The normalized spacial score (nSPS) is 38.0. The molecule has 2 aliphatic rings. The Balaban J connectivity index is 1.69. The molecule has 2 heteroatoms. The fourth-order valence-electron chi connectivity index (χ4n) is 3.57. The topological polar surface area (TPSA) is 32.3 Å². The Morgan fingerprint density at radius 1 is 1.06 bits per heavy atom. The van der Waals surface area contributed by atoms with E-state index in [2.05, 4.69) is 26.1 Å². The van der Waals surface area contributed by atoms with Crippen LogP contribution < -0.4 is 5.32 Å². The van der Waals surface area contributed by atoms with Gasteiger partial charge in [-0.1, -0.05) is 27.2 Å². The van der Waals surface area contributed by atoms with Gasteiger partial charge in [0.1, 0.15) is 0 Å². The maximum absolute atomic E-state index is 9.30. The Morgan fingerprint density at radius 3 is 2.39 bits per heavy atom. The maximum atomic E-state index is 9.30. The second kappa shape index (κ2) is 5.92. The van der Waals surface area contributed by atoms with Crippen LogP contribution in [0.4, 0.5) is 0 Å². The van der Waals surface area contributed by atoms with E-state index in [4.69, 9.17) is 0 Å². The van der Waals surface area contributed by atoms with E-state index in [1.807, 2.05) is 0 Å². The highest BCUT2D eigenvalue weighted by molar-refractivity contribution is 4.84. The molecule has 2 nitrogen and oxygen atoms in total. The lowest BCUT2D eigenvalue weighted by Gasteiger charge is -2.33. The van der Waals surface area contributed by atoms with Gasteiger partial charge in [-0.25, -0.2) is 0 Å². The molecule has 106 valence electrons. The van der Waals surface area contributed by atoms with E-state index in [1.165, 1.54) is 32.1 Å². The lowest BCUT2D eigenvalue weighted by Crippen LogP contribution is -2.40. The summed E-state index contributed by atoms with van der Waals surface area (Å²) in [5, 5.41) is 13.0. The molecule has 0 aromatic heterocycles. The number of nitrogens with one attached hydrogen (secondary N) is 1. The van der Waals surface area contributed by atoms with Gasteiger partial charge in [-0.2, -0.15) is 0 Å². The highest BCUT2D eigenvalue weighted by atomic mass is 16.3. The molecule has 2 rings (SSSR count). The van der Waals surface area contributed by atoms with Crippen LogP contribution in [-0.4, -0.2) is 23.8 Å². The standard InChI is InChI=1S/C16H31NO/c1-16(2,3)13-5-4-6-14(8-7-13)17-11-12-9-15(18)10-12/h12-15,17-18H,4-11H2,1-3H3. The van der Waals surface area contributed by atoms with Gasteiger partial charge in [0.15, 0.2) is 0 Å². The number of aliphatic hydroxyl groups excluding tert-OH is 1. The van der Waals surface area contributed by atoms with Crippen molar-refractivity contribution >= 4 is 0 Å². The Labute approximate surface area is 113 Å². The lowest BCUT2D eigenvalue weighted by atomic mass is 9.76. The first-order valence-electron chi connectivity index (χ1n) is 7.86. The molecule has 2 saturated carbocycles. The minimum absolute atomic E-state index is 0.00351. The van der Waals surface area contributed by atoms with Crippen LogP contribution in [0.3, 0.4) is 0 Å². The van der Waals surface area contributed by atoms with Crippen LogP contribution in [0.25, 0.3) is 0 Å². The van der Waals surface area contributed by atoms with Crippen LogP contribution in [0, 0.1) is 17.3 Å². The van der Waals surface area contributed by atoms with Crippen molar-refractivity contribution in [1.29, 1.82) is 0 Å². The van der Waals surface area contributed by atoms with Gasteiger partial charge in [0, 0.05) is 6.04 Å². The SMILES string of the molecule is CC(C)(C)C1CCCC(NCC2CC(O)C2)CC1. The van der Waals surface area contributed by atoms with E-state index in [0.717, 1.165) is 37.3 Å². The van der Waals surface area contributed by atoms with E-state index < -0.39 is 0 Å². The van der Waals surface area contributed by atoms with Crippen LogP contribution >= 0.6 is 0 Å². The van der Waals surface area contributed by atoms with Crippen LogP contribution in [0.15, 0.2) is 0 Å². The summed E-state index contributed by atoms with van der Waals surface area (Å²) in [4.78, 5) is 0. The zero-order valence-electron chi connectivity index (χ0n) is 12.4. The molecule has 2 atom stereocenters. The Bertz CT molecular complexity index is 252. The molecule has 0 saturated heterocycles. The van der Waals surface area contributed by atoms with E-state index in [1.54, 1.807) is 0 Å². The third kappa shape index (κ3) is 3.96. The molecule has 0 amide bonds. The van der Waals surface area contributed by atoms with Gasteiger partial charge in [0.2, 0.25) is 0 Å². The lowest BCUT2D eigenvalue weighted by molar-refractivity contribution is 0.0415. The number of aliphatic hydroxyl groups is 1. The first-order valence-corrected chi connectivity index (χ1v) is 7.86. The number of rotatable bonds is 3. The van der Waals surface area contributed by atoms with Crippen molar-refractivity contribution < 1.29 is 5.11 Å². The average Bonchev–Trinajstić information content (AvgIpc) is 2.47. The Kier molecular flexibility index (Phi) is 4.71. The molecule has 0 heterocycles. The maximum Gasteiger partial charge on any atom is 0.0546 e. The molecule has 2 fully saturated rings. The molecule has 2 unspecified atom stereocenters. The van der Waals surface area contributed by atoms with Crippen molar-refractivity contribution in [2.24, 2.45) is 17.3 Å². The molecule has 0 aromatic carbocycles. The van der Waals surface area contributed by atoms with E-state index >= 15 is 0 Å². The van der Waals surface area contributed by atoms with Crippen molar-refractivity contribution in [1.82, 2.24) is 5.32 Å². The average molecular weight is 253 g/mol. The van der Waals surface area contributed by atoms with Gasteiger partial charge in [-0.15, -0.1) is 0 Å². The molecule has 2 N–H and O–H groups in total. The Hall–Kier alpha value is -0.0800. The van der Waals surface area contributed by atoms with Gasteiger partial charge >= 0.3 is 0 Å². The van der Waals surface area contributed by atoms with E-state index in [-0.39, 0.29) is 6.10 Å². The summed E-state index contributed by atoms with van der Waals surface area (Å²) in [6.45, 7) is 8.30. The Morgan fingerprint density at radius 2 is 1.78 bits per heavy atom. The monoisotopic (exact) mass is 253 g/mol. The summed E-state index contributed by atoms with van der Waals surface area (Å²) < 4.78 is 0. The molecule has 0 aromatic rings. The van der Waals surface area contributed by atoms with Crippen LogP contribution in [0.1, 0.15) is 65.7 Å². The molecule has 0 aliphatic heterocycles.